The Balaban J connectivity index is 2.68. The van der Waals surface area contributed by atoms with Gasteiger partial charge < -0.3 is 21.1 Å². The second-order valence-electron chi connectivity index (χ2n) is 3.76. The minimum atomic E-state index is -3.73. The molecule has 0 atom stereocenters. The van der Waals surface area contributed by atoms with Crippen LogP contribution in [0.15, 0.2) is 40.9 Å². The van der Waals surface area contributed by atoms with E-state index in [4.69, 9.17) is 5.73 Å². The van der Waals surface area contributed by atoms with E-state index in [0.717, 1.165) is 0 Å². The van der Waals surface area contributed by atoms with E-state index in [1.54, 1.807) is 0 Å². The Labute approximate surface area is 111 Å². The van der Waals surface area contributed by atoms with Gasteiger partial charge in [-0.3, -0.25) is 0 Å². The van der Waals surface area contributed by atoms with E-state index in [1.807, 2.05) is 0 Å². The van der Waals surface area contributed by atoms with Crippen molar-refractivity contribution in [2.45, 2.75) is 18.2 Å². The molecule has 0 amide bonds. The molecule has 0 bridgehead atoms. The minimum Gasteiger partial charge on any atom is -0.550 e. The maximum atomic E-state index is 11.8. The highest BCUT2D eigenvalue weighted by Gasteiger charge is 2.12. The summed E-state index contributed by atoms with van der Waals surface area (Å²) in [5.74, 6) is -1.25. The first-order valence-electron chi connectivity index (χ1n) is 5.31. The average molecular weight is 284 g/mol. The van der Waals surface area contributed by atoms with Crippen LogP contribution in [0.25, 0.3) is 0 Å². The van der Waals surface area contributed by atoms with Crippen molar-refractivity contribution in [3.8, 4) is 0 Å². The summed E-state index contributed by atoms with van der Waals surface area (Å²) in [7, 11) is -3.73. The maximum absolute atomic E-state index is 11.8. The van der Waals surface area contributed by atoms with Gasteiger partial charge in [-0.05, 0) is 31.2 Å². The summed E-state index contributed by atoms with van der Waals surface area (Å²) in [6.45, 7) is 1.52. The minimum absolute atomic E-state index is 0.0434. The van der Waals surface area contributed by atoms with Crippen molar-refractivity contribution in [1.82, 2.24) is 10.3 Å². The zero-order chi connectivity index (χ0) is 14.5. The van der Waals surface area contributed by atoms with Crippen molar-refractivity contribution in [2.75, 3.05) is 5.73 Å². The van der Waals surface area contributed by atoms with E-state index in [0.29, 0.717) is 11.4 Å². The van der Waals surface area contributed by atoms with Crippen LogP contribution in [0.3, 0.4) is 0 Å². The van der Waals surface area contributed by atoms with Crippen molar-refractivity contribution in [1.29, 1.82) is 0 Å². The van der Waals surface area contributed by atoms with Gasteiger partial charge in [-0.2, -0.15) is 0 Å². The summed E-state index contributed by atoms with van der Waals surface area (Å²) < 4.78 is 23.6. The number of allylic oxidation sites excluding steroid dienone is 1. The number of benzene rings is 1. The Bertz CT molecular complexity index is 578. The Morgan fingerprint density at radius 1 is 1.37 bits per heavy atom. The first-order chi connectivity index (χ1) is 8.81. The Hall–Kier alpha value is -2.06. The summed E-state index contributed by atoms with van der Waals surface area (Å²) in [5.41, 5.74) is 8.66. The molecule has 19 heavy (non-hydrogen) atoms. The van der Waals surface area contributed by atoms with E-state index in [-0.39, 0.29) is 11.3 Å². The summed E-state index contributed by atoms with van der Waals surface area (Å²) >= 11 is 0. The molecule has 0 aliphatic carbocycles. The van der Waals surface area contributed by atoms with Crippen molar-refractivity contribution in [3.63, 3.8) is 0 Å². The summed E-state index contributed by atoms with van der Waals surface area (Å²) in [6.07, 6.45) is 0.989. The van der Waals surface area contributed by atoms with Crippen LogP contribution in [0.1, 0.15) is 13.3 Å². The molecule has 0 aliphatic rings. The number of anilines is 1. The predicted molar refractivity (Wildman–Crippen MR) is 67.7 cm³/mol. The highest BCUT2D eigenvalue weighted by molar-refractivity contribution is 7.89. The number of carbonyl (C=O) groups is 1. The van der Waals surface area contributed by atoms with Gasteiger partial charge in [0.2, 0.25) is 0 Å². The fourth-order valence-electron chi connectivity index (χ4n) is 1.14. The first kappa shape index (κ1) is 15.0. The Kier molecular flexibility index (Phi) is 4.90. The third-order valence-corrected chi connectivity index (χ3v) is 3.41. The van der Waals surface area contributed by atoms with Gasteiger partial charge in [0.1, 0.15) is 0 Å². The number of nitrogens with two attached hydrogens (primary N) is 1. The molecule has 0 aliphatic heterocycles. The van der Waals surface area contributed by atoms with Crippen molar-refractivity contribution in [3.05, 3.63) is 36.0 Å². The summed E-state index contributed by atoms with van der Waals surface area (Å²) in [6, 6.07) is 5.65. The quantitative estimate of drug-likeness (QED) is 0.459. The molecule has 1 rings (SSSR count). The smallest absolute Gasteiger partial charge is 0.257 e. The van der Waals surface area contributed by atoms with Gasteiger partial charge in [0.05, 0.1) is 4.90 Å². The van der Waals surface area contributed by atoms with E-state index in [1.165, 1.54) is 37.3 Å². The third kappa shape index (κ3) is 4.98. The molecule has 8 heteroatoms. The molecule has 0 spiro atoms. The highest BCUT2D eigenvalue weighted by Crippen LogP contribution is 2.10. The molecule has 0 fully saturated rings. The van der Waals surface area contributed by atoms with Crippen LogP contribution in [-0.4, -0.2) is 14.4 Å². The molecule has 1 aromatic carbocycles. The zero-order valence-electron chi connectivity index (χ0n) is 10.2. The largest absolute Gasteiger partial charge is 0.550 e. The number of nitrogens with one attached hydrogen (secondary N) is 2. The standard InChI is InChI=1S/C11H15N3O4S/c1-8(2-7-11(15)16)13-14-19(17,18)10-5-3-9(12)4-6-10/h2-6,13-14H,7,12H2,1H3,(H,15,16)/p-1. The topological polar surface area (TPSA) is 124 Å². The number of hydrazine groups is 1. The van der Waals surface area contributed by atoms with Crippen LogP contribution in [-0.2, 0) is 14.8 Å². The van der Waals surface area contributed by atoms with Gasteiger partial charge in [0.25, 0.3) is 10.0 Å². The number of carboxylic acid groups (broad SMARTS) is 1. The SMILES string of the molecule is CC(=CCC(=O)[O-])NNS(=O)(=O)c1ccc(N)cc1. The fraction of sp³-hybridized carbons (Fsp3) is 0.182. The van der Waals surface area contributed by atoms with Gasteiger partial charge in [-0.1, -0.05) is 6.08 Å². The number of rotatable bonds is 6. The number of nitrogen functional groups attached to an aromatic ring is 1. The fourth-order valence-corrected chi connectivity index (χ4v) is 2.05. The van der Waals surface area contributed by atoms with E-state index in [2.05, 4.69) is 10.3 Å². The van der Waals surface area contributed by atoms with Gasteiger partial charge in [0, 0.05) is 23.8 Å². The average Bonchev–Trinajstić information content (AvgIpc) is 2.34. The predicted octanol–water partition coefficient (Wildman–Crippen LogP) is -0.904. The maximum Gasteiger partial charge on any atom is 0.257 e. The molecular formula is C11H14N3O4S-. The number of carbonyl (C=O) groups excluding carboxylic acids is 1. The van der Waals surface area contributed by atoms with Crippen LogP contribution in [0.5, 0.6) is 0 Å². The molecule has 0 saturated heterocycles. The number of hydrogen-bond acceptors (Lipinski definition) is 6. The molecule has 0 aromatic heterocycles. The molecule has 0 radical (unpaired) electrons. The lowest BCUT2D eigenvalue weighted by atomic mass is 10.3. The van der Waals surface area contributed by atoms with Crippen LogP contribution >= 0.6 is 0 Å². The van der Waals surface area contributed by atoms with Gasteiger partial charge in [-0.25, -0.2) is 8.42 Å². The van der Waals surface area contributed by atoms with Gasteiger partial charge in [0.15, 0.2) is 0 Å². The second-order valence-corrected chi connectivity index (χ2v) is 5.45. The van der Waals surface area contributed by atoms with Crippen LogP contribution in [0.4, 0.5) is 5.69 Å². The molecular weight excluding hydrogens is 270 g/mol. The van der Waals surface area contributed by atoms with Crippen LogP contribution in [0.2, 0.25) is 0 Å². The number of hydrogen-bond donors (Lipinski definition) is 3. The molecule has 104 valence electrons. The number of carboxylic acids is 1. The molecule has 0 unspecified atom stereocenters. The van der Waals surface area contributed by atoms with Gasteiger partial charge in [-0.15, -0.1) is 4.83 Å². The first-order valence-corrected chi connectivity index (χ1v) is 6.79. The molecule has 1 aromatic rings. The monoisotopic (exact) mass is 284 g/mol. The van der Waals surface area contributed by atoms with Crippen molar-refractivity contribution < 1.29 is 18.3 Å². The summed E-state index contributed by atoms with van der Waals surface area (Å²) in [5, 5.41) is 10.2. The molecule has 0 heterocycles. The lowest BCUT2D eigenvalue weighted by molar-refractivity contribution is -0.304. The Morgan fingerprint density at radius 3 is 2.47 bits per heavy atom. The number of aliphatic carboxylic acids is 1. The van der Waals surface area contributed by atoms with E-state index >= 15 is 0 Å². The van der Waals surface area contributed by atoms with Crippen molar-refractivity contribution >= 4 is 21.7 Å². The van der Waals surface area contributed by atoms with Crippen LogP contribution < -0.4 is 21.1 Å². The lowest BCUT2D eigenvalue weighted by Gasteiger charge is -2.10. The molecule has 0 saturated carbocycles. The Morgan fingerprint density at radius 2 is 1.95 bits per heavy atom. The molecule has 7 nitrogen and oxygen atoms in total. The third-order valence-electron chi connectivity index (χ3n) is 2.15. The summed E-state index contributed by atoms with van der Waals surface area (Å²) in [4.78, 5) is 12.4. The highest BCUT2D eigenvalue weighted by atomic mass is 32.2. The lowest BCUT2D eigenvalue weighted by Crippen LogP contribution is -2.36. The second kappa shape index (κ2) is 6.21. The normalized spacial score (nSPS) is 12.2. The zero-order valence-corrected chi connectivity index (χ0v) is 11.0. The van der Waals surface area contributed by atoms with Gasteiger partial charge >= 0.3 is 0 Å². The van der Waals surface area contributed by atoms with Crippen molar-refractivity contribution in [2.24, 2.45) is 0 Å². The number of sulfonamides is 1. The van der Waals surface area contributed by atoms with E-state index in [9.17, 15) is 18.3 Å². The molecule has 4 N–H and O–H groups in total. The van der Waals surface area contributed by atoms with Crippen LogP contribution in [0, 0.1) is 0 Å². The van der Waals surface area contributed by atoms with E-state index < -0.39 is 16.0 Å².